The molecule has 2 aromatic carbocycles. The van der Waals surface area contributed by atoms with Gasteiger partial charge in [0.05, 0.1) is 16.1 Å². The van der Waals surface area contributed by atoms with E-state index in [0.717, 1.165) is 18.5 Å². The third-order valence-corrected chi connectivity index (χ3v) is 4.54. The average molecular weight is 420 g/mol. The van der Waals surface area contributed by atoms with Crippen molar-refractivity contribution in [1.82, 2.24) is 5.32 Å². The normalized spacial score (nSPS) is 12.4. The van der Waals surface area contributed by atoms with Crippen LogP contribution in [0.2, 0.25) is 10.0 Å². The molecular formula is C16H16Cl2IN. The van der Waals surface area contributed by atoms with Crippen LogP contribution in [0.15, 0.2) is 42.5 Å². The Morgan fingerprint density at radius 3 is 2.25 bits per heavy atom. The van der Waals surface area contributed by atoms with E-state index in [1.807, 2.05) is 18.2 Å². The van der Waals surface area contributed by atoms with Gasteiger partial charge in [-0.15, -0.1) is 0 Å². The minimum absolute atomic E-state index is 0.140. The molecule has 0 radical (unpaired) electrons. The molecule has 0 bridgehead atoms. The molecule has 0 aliphatic rings. The smallest absolute Gasteiger partial charge is 0.0595 e. The summed E-state index contributed by atoms with van der Waals surface area (Å²) in [6.07, 6.45) is 1.09. The number of halogens is 3. The van der Waals surface area contributed by atoms with Gasteiger partial charge in [-0.25, -0.2) is 0 Å². The Balaban J connectivity index is 2.35. The summed E-state index contributed by atoms with van der Waals surface area (Å²) in [5.74, 6) is 0. The number of hydrogen-bond acceptors (Lipinski definition) is 1. The molecule has 1 atom stereocenters. The fourth-order valence-corrected chi connectivity index (χ4v) is 2.73. The molecule has 1 nitrogen and oxygen atoms in total. The second kappa shape index (κ2) is 7.64. The van der Waals surface area contributed by atoms with Gasteiger partial charge >= 0.3 is 0 Å². The number of benzene rings is 2. The van der Waals surface area contributed by atoms with Crippen LogP contribution in [0, 0.1) is 3.57 Å². The maximum Gasteiger partial charge on any atom is 0.0595 e. The van der Waals surface area contributed by atoms with E-state index in [2.05, 4.69) is 59.1 Å². The number of nitrogens with one attached hydrogen (secondary N) is 1. The van der Waals surface area contributed by atoms with Gasteiger partial charge in [-0.05, 0) is 70.9 Å². The van der Waals surface area contributed by atoms with Crippen molar-refractivity contribution in [2.45, 2.75) is 19.4 Å². The molecule has 0 amide bonds. The summed E-state index contributed by atoms with van der Waals surface area (Å²) in [7, 11) is 0. The molecule has 0 spiro atoms. The van der Waals surface area contributed by atoms with E-state index >= 15 is 0 Å². The van der Waals surface area contributed by atoms with Crippen molar-refractivity contribution in [2.24, 2.45) is 0 Å². The predicted octanol–water partition coefficient (Wildman–Crippen LogP) is 5.69. The molecule has 0 saturated heterocycles. The summed E-state index contributed by atoms with van der Waals surface area (Å²) in [4.78, 5) is 0. The molecule has 106 valence electrons. The fraction of sp³-hybridized carbons (Fsp3) is 0.250. The van der Waals surface area contributed by atoms with Crippen molar-refractivity contribution in [3.63, 3.8) is 0 Å². The lowest BCUT2D eigenvalue weighted by atomic mass is 9.98. The van der Waals surface area contributed by atoms with Crippen LogP contribution in [0.5, 0.6) is 0 Å². The zero-order valence-corrected chi connectivity index (χ0v) is 14.8. The third kappa shape index (κ3) is 4.10. The van der Waals surface area contributed by atoms with Crippen LogP contribution in [-0.4, -0.2) is 6.54 Å². The Morgan fingerprint density at radius 2 is 1.65 bits per heavy atom. The first-order valence-electron chi connectivity index (χ1n) is 6.55. The monoisotopic (exact) mass is 419 g/mol. The van der Waals surface area contributed by atoms with Gasteiger partial charge in [-0.1, -0.05) is 48.3 Å². The summed E-state index contributed by atoms with van der Waals surface area (Å²) in [5.41, 5.74) is 2.37. The zero-order chi connectivity index (χ0) is 14.5. The van der Waals surface area contributed by atoms with Crippen LogP contribution >= 0.6 is 45.8 Å². The van der Waals surface area contributed by atoms with E-state index in [-0.39, 0.29) is 6.04 Å². The number of hydrogen-bond donors (Lipinski definition) is 1. The summed E-state index contributed by atoms with van der Waals surface area (Å²) < 4.78 is 1.23. The highest BCUT2D eigenvalue weighted by atomic mass is 127. The largest absolute Gasteiger partial charge is 0.306 e. The van der Waals surface area contributed by atoms with Gasteiger partial charge in [0, 0.05) is 3.57 Å². The van der Waals surface area contributed by atoms with Crippen molar-refractivity contribution in [1.29, 1.82) is 0 Å². The third-order valence-electron chi connectivity index (χ3n) is 3.08. The standard InChI is InChI=1S/C16H16Cl2IN/c1-2-9-20-16(11-3-6-13(19)7-4-11)12-5-8-14(17)15(18)10-12/h3-8,10,16,20H,2,9H2,1H3. The average Bonchev–Trinajstić information content (AvgIpc) is 2.45. The van der Waals surface area contributed by atoms with Gasteiger partial charge in [-0.2, -0.15) is 0 Å². The quantitative estimate of drug-likeness (QED) is 0.614. The van der Waals surface area contributed by atoms with Gasteiger partial charge in [0.2, 0.25) is 0 Å². The van der Waals surface area contributed by atoms with E-state index < -0.39 is 0 Å². The minimum atomic E-state index is 0.140. The van der Waals surface area contributed by atoms with E-state index in [4.69, 9.17) is 23.2 Å². The van der Waals surface area contributed by atoms with E-state index in [1.165, 1.54) is 9.13 Å². The van der Waals surface area contributed by atoms with Crippen molar-refractivity contribution in [3.8, 4) is 0 Å². The molecule has 0 aliphatic carbocycles. The van der Waals surface area contributed by atoms with Gasteiger partial charge in [0.1, 0.15) is 0 Å². The molecule has 1 unspecified atom stereocenters. The molecule has 0 aromatic heterocycles. The first kappa shape index (κ1) is 16.1. The van der Waals surface area contributed by atoms with Crippen molar-refractivity contribution >= 4 is 45.8 Å². The van der Waals surface area contributed by atoms with E-state index in [0.29, 0.717) is 10.0 Å². The van der Waals surface area contributed by atoms with Gasteiger partial charge in [0.25, 0.3) is 0 Å². The van der Waals surface area contributed by atoms with Crippen LogP contribution < -0.4 is 5.32 Å². The minimum Gasteiger partial charge on any atom is -0.306 e. The van der Waals surface area contributed by atoms with E-state index in [1.54, 1.807) is 0 Å². The maximum absolute atomic E-state index is 6.14. The molecule has 2 rings (SSSR count). The van der Waals surface area contributed by atoms with Crippen LogP contribution in [0.4, 0.5) is 0 Å². The van der Waals surface area contributed by atoms with Crippen LogP contribution in [-0.2, 0) is 0 Å². The fourth-order valence-electron chi connectivity index (χ4n) is 2.06. The molecule has 20 heavy (non-hydrogen) atoms. The van der Waals surface area contributed by atoms with Crippen LogP contribution in [0.3, 0.4) is 0 Å². The highest BCUT2D eigenvalue weighted by molar-refractivity contribution is 14.1. The number of rotatable bonds is 5. The zero-order valence-electron chi connectivity index (χ0n) is 11.2. The molecular weight excluding hydrogens is 404 g/mol. The van der Waals surface area contributed by atoms with Gasteiger partial charge < -0.3 is 5.32 Å². The van der Waals surface area contributed by atoms with Crippen molar-refractivity contribution < 1.29 is 0 Å². The Hall–Kier alpha value is -0.290. The molecule has 4 heteroatoms. The van der Waals surface area contributed by atoms with Crippen LogP contribution in [0.1, 0.15) is 30.5 Å². The molecule has 1 N–H and O–H groups in total. The van der Waals surface area contributed by atoms with Crippen molar-refractivity contribution in [2.75, 3.05) is 6.54 Å². The van der Waals surface area contributed by atoms with E-state index in [9.17, 15) is 0 Å². The molecule has 0 saturated carbocycles. The van der Waals surface area contributed by atoms with Crippen molar-refractivity contribution in [3.05, 3.63) is 67.2 Å². The summed E-state index contributed by atoms with van der Waals surface area (Å²) >= 11 is 14.5. The Morgan fingerprint density at radius 1 is 1.00 bits per heavy atom. The van der Waals surface area contributed by atoms with Gasteiger partial charge in [-0.3, -0.25) is 0 Å². The second-order valence-electron chi connectivity index (χ2n) is 4.61. The lowest BCUT2D eigenvalue weighted by Gasteiger charge is -2.20. The summed E-state index contributed by atoms with van der Waals surface area (Å²) in [5, 5.41) is 4.75. The first-order chi connectivity index (χ1) is 9.61. The SMILES string of the molecule is CCCNC(c1ccc(I)cc1)c1ccc(Cl)c(Cl)c1. The lowest BCUT2D eigenvalue weighted by Crippen LogP contribution is -2.23. The highest BCUT2D eigenvalue weighted by Crippen LogP contribution is 2.29. The second-order valence-corrected chi connectivity index (χ2v) is 6.67. The van der Waals surface area contributed by atoms with Crippen LogP contribution in [0.25, 0.3) is 0 Å². The topological polar surface area (TPSA) is 12.0 Å². The molecule has 0 aliphatic heterocycles. The molecule has 2 aromatic rings. The summed E-state index contributed by atoms with van der Waals surface area (Å²) in [6.45, 7) is 3.11. The Kier molecular flexibility index (Phi) is 6.15. The highest BCUT2D eigenvalue weighted by Gasteiger charge is 2.14. The first-order valence-corrected chi connectivity index (χ1v) is 8.39. The predicted molar refractivity (Wildman–Crippen MR) is 95.8 cm³/mol. The lowest BCUT2D eigenvalue weighted by molar-refractivity contribution is 0.598. The van der Waals surface area contributed by atoms with Gasteiger partial charge in [0.15, 0.2) is 0 Å². The Bertz CT molecular complexity index is 569. The summed E-state index contributed by atoms with van der Waals surface area (Å²) in [6, 6.07) is 14.5. The maximum atomic E-state index is 6.14. The molecule has 0 heterocycles. The Labute approximate surface area is 143 Å². The molecule has 0 fully saturated rings.